The Morgan fingerprint density at radius 2 is 1.91 bits per heavy atom. The highest BCUT2D eigenvalue weighted by atomic mass is 35.5. The third-order valence-corrected chi connectivity index (χ3v) is 4.40. The minimum Gasteiger partial charge on any atom is -0.373 e. The number of benzene rings is 1. The monoisotopic (exact) mass is 340 g/mol. The lowest BCUT2D eigenvalue weighted by atomic mass is 9.84. The number of amides is 1. The lowest BCUT2D eigenvalue weighted by molar-refractivity contribution is -0.125. The summed E-state index contributed by atoms with van der Waals surface area (Å²) in [7, 11) is 0. The first-order chi connectivity index (χ1) is 10.7. The Morgan fingerprint density at radius 3 is 2.52 bits per heavy atom. The van der Waals surface area contributed by atoms with Crippen LogP contribution >= 0.6 is 12.4 Å². The SMILES string of the molecule is CCCOC1(CNC(=O)C(N)c2ccccc2)CCCCC1.Cl. The van der Waals surface area contributed by atoms with Crippen molar-refractivity contribution in [3.8, 4) is 0 Å². The molecular formula is C18H29ClN2O2. The van der Waals surface area contributed by atoms with Crippen LogP contribution in [0.2, 0.25) is 0 Å². The molecule has 0 aliphatic heterocycles. The van der Waals surface area contributed by atoms with Crippen molar-refractivity contribution in [1.29, 1.82) is 0 Å². The highest BCUT2D eigenvalue weighted by Gasteiger charge is 2.33. The van der Waals surface area contributed by atoms with Crippen LogP contribution in [0.25, 0.3) is 0 Å². The van der Waals surface area contributed by atoms with Gasteiger partial charge in [-0.15, -0.1) is 12.4 Å². The van der Waals surface area contributed by atoms with Crippen LogP contribution < -0.4 is 11.1 Å². The summed E-state index contributed by atoms with van der Waals surface area (Å²) >= 11 is 0. The molecule has 1 aliphatic carbocycles. The Morgan fingerprint density at radius 1 is 1.26 bits per heavy atom. The largest absolute Gasteiger partial charge is 0.373 e. The predicted octanol–water partition coefficient (Wildman–Crippen LogP) is 3.35. The van der Waals surface area contributed by atoms with Gasteiger partial charge in [0, 0.05) is 13.2 Å². The Kier molecular flexibility index (Phi) is 8.59. The third-order valence-electron chi connectivity index (χ3n) is 4.40. The molecule has 5 heteroatoms. The smallest absolute Gasteiger partial charge is 0.241 e. The van der Waals surface area contributed by atoms with Gasteiger partial charge in [0.05, 0.1) is 5.60 Å². The molecule has 4 nitrogen and oxygen atoms in total. The molecule has 0 radical (unpaired) electrons. The van der Waals surface area contributed by atoms with Gasteiger partial charge in [-0.3, -0.25) is 4.79 Å². The summed E-state index contributed by atoms with van der Waals surface area (Å²) in [4.78, 5) is 12.3. The second-order valence-electron chi connectivity index (χ2n) is 6.20. The van der Waals surface area contributed by atoms with Gasteiger partial charge in [-0.2, -0.15) is 0 Å². The predicted molar refractivity (Wildman–Crippen MR) is 95.7 cm³/mol. The van der Waals surface area contributed by atoms with Crippen molar-refractivity contribution in [2.24, 2.45) is 5.73 Å². The van der Waals surface area contributed by atoms with E-state index in [1.54, 1.807) is 0 Å². The van der Waals surface area contributed by atoms with Crippen molar-refractivity contribution in [3.63, 3.8) is 0 Å². The van der Waals surface area contributed by atoms with Crippen LogP contribution in [-0.4, -0.2) is 24.7 Å². The molecular weight excluding hydrogens is 312 g/mol. The third kappa shape index (κ3) is 5.79. The van der Waals surface area contributed by atoms with Gasteiger partial charge < -0.3 is 15.8 Å². The van der Waals surface area contributed by atoms with Gasteiger partial charge in [0.1, 0.15) is 6.04 Å². The van der Waals surface area contributed by atoms with E-state index >= 15 is 0 Å². The maximum atomic E-state index is 12.3. The standard InChI is InChI=1S/C18H28N2O2.ClH/c1-2-13-22-18(11-7-4-8-12-18)14-20-17(21)16(19)15-9-5-3-6-10-15;/h3,5-6,9-10,16H,2,4,7-8,11-14,19H2,1H3,(H,20,21);1H. The molecule has 1 aromatic rings. The summed E-state index contributed by atoms with van der Waals surface area (Å²) in [6.07, 6.45) is 6.64. The number of carbonyl (C=O) groups excluding carboxylic acids is 1. The highest BCUT2D eigenvalue weighted by Crippen LogP contribution is 2.31. The second-order valence-corrected chi connectivity index (χ2v) is 6.20. The molecule has 1 fully saturated rings. The normalized spacial score (nSPS) is 17.8. The van der Waals surface area contributed by atoms with E-state index in [1.165, 1.54) is 19.3 Å². The zero-order valence-electron chi connectivity index (χ0n) is 13.9. The molecule has 0 heterocycles. The number of halogens is 1. The Bertz CT molecular complexity index is 461. The summed E-state index contributed by atoms with van der Waals surface area (Å²) in [5.74, 6) is -0.128. The van der Waals surface area contributed by atoms with Crippen molar-refractivity contribution in [2.45, 2.75) is 57.1 Å². The highest BCUT2D eigenvalue weighted by molar-refractivity contribution is 5.85. The number of carbonyl (C=O) groups is 1. The Balaban J connectivity index is 0.00000264. The lowest BCUT2D eigenvalue weighted by Crippen LogP contribution is -2.48. The van der Waals surface area contributed by atoms with Crippen molar-refractivity contribution in [3.05, 3.63) is 35.9 Å². The molecule has 2 rings (SSSR count). The van der Waals surface area contributed by atoms with Gasteiger partial charge in [-0.05, 0) is 24.8 Å². The molecule has 0 saturated heterocycles. The fourth-order valence-electron chi connectivity index (χ4n) is 3.06. The van der Waals surface area contributed by atoms with E-state index in [2.05, 4.69) is 12.2 Å². The quantitative estimate of drug-likeness (QED) is 0.800. The summed E-state index contributed by atoms with van der Waals surface area (Å²) in [6.45, 7) is 3.42. The van der Waals surface area contributed by atoms with Gasteiger partial charge in [0.25, 0.3) is 0 Å². The zero-order valence-corrected chi connectivity index (χ0v) is 14.7. The van der Waals surface area contributed by atoms with E-state index in [9.17, 15) is 4.79 Å². The van der Waals surface area contributed by atoms with Crippen LogP contribution in [0.1, 0.15) is 57.1 Å². The van der Waals surface area contributed by atoms with E-state index in [-0.39, 0.29) is 23.9 Å². The zero-order chi connectivity index (χ0) is 15.8. The first kappa shape index (κ1) is 19.9. The van der Waals surface area contributed by atoms with Crippen LogP contribution in [-0.2, 0) is 9.53 Å². The maximum absolute atomic E-state index is 12.3. The molecule has 0 spiro atoms. The number of ether oxygens (including phenoxy) is 1. The molecule has 1 unspecified atom stereocenters. The van der Waals surface area contributed by atoms with E-state index < -0.39 is 6.04 Å². The molecule has 1 aromatic carbocycles. The molecule has 23 heavy (non-hydrogen) atoms. The van der Waals surface area contributed by atoms with Gasteiger partial charge in [0.2, 0.25) is 5.91 Å². The minimum atomic E-state index is -0.618. The molecule has 1 aliphatic rings. The van der Waals surface area contributed by atoms with Crippen molar-refractivity contribution < 1.29 is 9.53 Å². The van der Waals surface area contributed by atoms with Gasteiger partial charge in [0.15, 0.2) is 0 Å². The molecule has 0 bridgehead atoms. The molecule has 1 atom stereocenters. The number of hydrogen-bond acceptors (Lipinski definition) is 3. The van der Waals surface area contributed by atoms with E-state index in [0.29, 0.717) is 6.54 Å². The molecule has 1 amide bonds. The number of rotatable bonds is 7. The summed E-state index contributed by atoms with van der Waals surface area (Å²) in [5.41, 5.74) is 6.69. The maximum Gasteiger partial charge on any atom is 0.241 e. The molecule has 1 saturated carbocycles. The molecule has 130 valence electrons. The number of hydrogen-bond donors (Lipinski definition) is 2. The van der Waals surface area contributed by atoms with Gasteiger partial charge in [-0.25, -0.2) is 0 Å². The van der Waals surface area contributed by atoms with Crippen molar-refractivity contribution in [1.82, 2.24) is 5.32 Å². The Labute approximate surface area is 145 Å². The Hall–Kier alpha value is -1.10. The summed E-state index contributed by atoms with van der Waals surface area (Å²) in [5, 5.41) is 3.01. The van der Waals surface area contributed by atoms with E-state index in [0.717, 1.165) is 31.4 Å². The van der Waals surface area contributed by atoms with Gasteiger partial charge >= 0.3 is 0 Å². The number of nitrogens with two attached hydrogens (primary N) is 1. The molecule has 0 aromatic heterocycles. The van der Waals surface area contributed by atoms with E-state index in [4.69, 9.17) is 10.5 Å². The topological polar surface area (TPSA) is 64.3 Å². The second kappa shape index (κ2) is 9.91. The van der Waals surface area contributed by atoms with Crippen LogP contribution in [0, 0.1) is 0 Å². The fraction of sp³-hybridized carbons (Fsp3) is 0.611. The lowest BCUT2D eigenvalue weighted by Gasteiger charge is -2.37. The van der Waals surface area contributed by atoms with E-state index in [1.807, 2.05) is 30.3 Å². The summed E-state index contributed by atoms with van der Waals surface area (Å²) < 4.78 is 6.10. The molecule has 3 N–H and O–H groups in total. The number of nitrogens with one attached hydrogen (secondary N) is 1. The minimum absolute atomic E-state index is 0. The average Bonchev–Trinajstić information content (AvgIpc) is 2.59. The first-order valence-electron chi connectivity index (χ1n) is 8.39. The van der Waals surface area contributed by atoms with Crippen LogP contribution in [0.4, 0.5) is 0 Å². The van der Waals surface area contributed by atoms with Crippen LogP contribution in [0.3, 0.4) is 0 Å². The van der Waals surface area contributed by atoms with Crippen LogP contribution in [0.15, 0.2) is 30.3 Å². The van der Waals surface area contributed by atoms with Gasteiger partial charge in [-0.1, -0.05) is 56.5 Å². The first-order valence-corrected chi connectivity index (χ1v) is 8.39. The average molecular weight is 341 g/mol. The van der Waals surface area contributed by atoms with Crippen molar-refractivity contribution in [2.75, 3.05) is 13.2 Å². The summed E-state index contributed by atoms with van der Waals surface area (Å²) in [6, 6.07) is 8.87. The fourth-order valence-corrected chi connectivity index (χ4v) is 3.06. The van der Waals surface area contributed by atoms with Crippen LogP contribution in [0.5, 0.6) is 0 Å². The van der Waals surface area contributed by atoms with Crippen molar-refractivity contribution >= 4 is 18.3 Å².